The molecule has 1 atom stereocenters. The van der Waals surface area contributed by atoms with Gasteiger partial charge in [0.2, 0.25) is 0 Å². The van der Waals surface area contributed by atoms with Gasteiger partial charge in [-0.2, -0.15) is 5.10 Å². The highest BCUT2D eigenvalue weighted by Gasteiger charge is 2.34. The van der Waals surface area contributed by atoms with Gasteiger partial charge in [-0.15, -0.1) is 0 Å². The molecule has 3 heterocycles. The second-order valence-electron chi connectivity index (χ2n) is 9.57. The minimum atomic E-state index is -0.340. The minimum absolute atomic E-state index is 0.0373. The monoisotopic (exact) mass is 547 g/mol. The van der Waals surface area contributed by atoms with Gasteiger partial charge in [-0.3, -0.25) is 9.78 Å². The molecule has 0 fully saturated rings. The van der Waals surface area contributed by atoms with Crippen LogP contribution in [-0.2, 0) is 11.3 Å². The summed E-state index contributed by atoms with van der Waals surface area (Å²) in [5, 5.41) is 6.45. The number of rotatable bonds is 8. The van der Waals surface area contributed by atoms with E-state index in [4.69, 9.17) is 24.3 Å². The van der Waals surface area contributed by atoms with Crippen molar-refractivity contribution in [1.82, 2.24) is 19.5 Å². The summed E-state index contributed by atoms with van der Waals surface area (Å²) < 4.78 is 18.2. The topological polar surface area (TPSA) is 91.1 Å². The summed E-state index contributed by atoms with van der Waals surface area (Å²) >= 11 is 0. The van der Waals surface area contributed by atoms with Gasteiger partial charge in [0.05, 0.1) is 44.1 Å². The zero-order chi connectivity index (χ0) is 28.3. The van der Waals surface area contributed by atoms with E-state index in [1.54, 1.807) is 32.5 Å². The second-order valence-corrected chi connectivity index (χ2v) is 9.57. The van der Waals surface area contributed by atoms with E-state index in [-0.39, 0.29) is 18.5 Å². The fourth-order valence-electron chi connectivity index (χ4n) is 5.15. The first-order valence-electron chi connectivity index (χ1n) is 13.2. The van der Waals surface area contributed by atoms with Gasteiger partial charge in [0, 0.05) is 12.6 Å². The number of imidazole rings is 1. The zero-order valence-corrected chi connectivity index (χ0v) is 23.0. The fourth-order valence-corrected chi connectivity index (χ4v) is 5.15. The third kappa shape index (κ3) is 4.98. The van der Waals surface area contributed by atoms with Crippen molar-refractivity contribution in [2.75, 3.05) is 21.3 Å². The average molecular weight is 548 g/mol. The predicted molar refractivity (Wildman–Crippen MR) is 156 cm³/mol. The number of hydrogen-bond acceptors (Lipinski definition) is 7. The molecule has 206 valence electrons. The molecule has 0 radical (unpaired) electrons. The van der Waals surface area contributed by atoms with Crippen LogP contribution in [0.2, 0.25) is 0 Å². The highest BCUT2D eigenvalue weighted by atomic mass is 16.5. The van der Waals surface area contributed by atoms with Crippen molar-refractivity contribution >= 4 is 22.7 Å². The third-order valence-corrected chi connectivity index (χ3v) is 7.22. The van der Waals surface area contributed by atoms with Crippen LogP contribution in [0.4, 0.5) is 0 Å². The van der Waals surface area contributed by atoms with Crippen LogP contribution in [0.25, 0.3) is 22.6 Å². The van der Waals surface area contributed by atoms with E-state index in [1.165, 1.54) is 0 Å². The molecule has 1 aliphatic heterocycles. The van der Waals surface area contributed by atoms with Crippen LogP contribution < -0.4 is 14.2 Å². The molecule has 1 unspecified atom stereocenters. The van der Waals surface area contributed by atoms with E-state index in [1.807, 2.05) is 89.5 Å². The van der Waals surface area contributed by atoms with E-state index < -0.39 is 0 Å². The predicted octanol–water partition coefficient (Wildman–Crippen LogP) is 5.50. The summed E-state index contributed by atoms with van der Waals surface area (Å²) in [6.45, 7) is 0.0373. The smallest absolute Gasteiger partial charge is 0.263 e. The summed E-state index contributed by atoms with van der Waals surface area (Å²) in [4.78, 5) is 23.5. The van der Waals surface area contributed by atoms with Crippen LogP contribution in [0.15, 0.2) is 96.2 Å². The number of carbonyl (C=O) groups excluding carboxylic acids is 1. The Morgan fingerprint density at radius 3 is 2.39 bits per heavy atom. The molecule has 9 heteroatoms. The Morgan fingerprint density at radius 1 is 0.878 bits per heavy atom. The van der Waals surface area contributed by atoms with Crippen LogP contribution in [0, 0.1) is 0 Å². The average Bonchev–Trinajstić information content (AvgIpc) is 3.64. The summed E-state index contributed by atoms with van der Waals surface area (Å²) in [6.07, 6.45) is 2.26. The lowest BCUT2D eigenvalue weighted by Gasteiger charge is -2.23. The molecule has 0 aliphatic carbocycles. The first-order chi connectivity index (χ1) is 20.1. The number of hydrogen-bond donors (Lipinski definition) is 0. The van der Waals surface area contributed by atoms with Gasteiger partial charge < -0.3 is 18.8 Å². The maximum Gasteiger partial charge on any atom is 0.263 e. The number of ether oxygens (including phenoxy) is 3. The number of amides is 1. The Labute approximate surface area is 237 Å². The summed E-state index contributed by atoms with van der Waals surface area (Å²) in [5.41, 5.74) is 4.96. The van der Waals surface area contributed by atoms with Gasteiger partial charge in [0.25, 0.3) is 5.91 Å². The van der Waals surface area contributed by atoms with E-state index in [0.717, 1.165) is 33.6 Å². The Morgan fingerprint density at radius 2 is 1.66 bits per heavy atom. The highest BCUT2D eigenvalue weighted by Crippen LogP contribution is 2.38. The zero-order valence-electron chi connectivity index (χ0n) is 23.0. The number of carbonyl (C=O) groups is 1. The number of aromatic nitrogens is 3. The van der Waals surface area contributed by atoms with Crippen molar-refractivity contribution in [2.24, 2.45) is 5.10 Å². The van der Waals surface area contributed by atoms with Crippen molar-refractivity contribution in [3.63, 3.8) is 0 Å². The molecule has 1 amide bonds. The van der Waals surface area contributed by atoms with Crippen molar-refractivity contribution in [3.05, 3.63) is 102 Å². The molecular formula is C32H29N5O4. The molecular weight excluding hydrogens is 518 g/mol. The normalized spacial score (nSPS) is 14.7. The quantitative estimate of drug-likeness (QED) is 0.255. The lowest BCUT2D eigenvalue weighted by atomic mass is 9.98. The molecule has 2 aromatic heterocycles. The van der Waals surface area contributed by atoms with Crippen molar-refractivity contribution in [1.29, 1.82) is 0 Å². The molecule has 5 aromatic rings. The number of fused-ring (bicyclic) bond motifs is 1. The Kier molecular flexibility index (Phi) is 7.08. The standard InChI is InChI=1S/C32H29N5O4/c1-39-23-14-11-21(12-15-23)26-19-28(22-13-16-29(40-2)30(18-22)41-3)37(35-26)31(38)20-36-27-10-5-4-8-24(27)34-32(36)25-9-6-7-17-33-25/h4-18,28H,19-20H2,1-3H3. The van der Waals surface area contributed by atoms with Gasteiger partial charge in [0.1, 0.15) is 18.0 Å². The third-order valence-electron chi connectivity index (χ3n) is 7.22. The highest BCUT2D eigenvalue weighted by molar-refractivity contribution is 6.03. The SMILES string of the molecule is COc1ccc(C2=NN(C(=O)Cn3c(-c4ccccn4)nc4ccccc43)C(c3ccc(OC)c(OC)c3)C2)cc1. The second kappa shape index (κ2) is 11.1. The lowest BCUT2D eigenvalue weighted by Crippen LogP contribution is -2.30. The summed E-state index contributed by atoms with van der Waals surface area (Å²) in [6, 6.07) is 26.5. The van der Waals surface area contributed by atoms with E-state index >= 15 is 0 Å². The van der Waals surface area contributed by atoms with Crippen LogP contribution in [0.5, 0.6) is 17.2 Å². The van der Waals surface area contributed by atoms with E-state index in [9.17, 15) is 4.79 Å². The number of pyridine rings is 1. The molecule has 9 nitrogen and oxygen atoms in total. The molecule has 0 saturated carbocycles. The van der Waals surface area contributed by atoms with Gasteiger partial charge in [0.15, 0.2) is 17.3 Å². The van der Waals surface area contributed by atoms with Crippen LogP contribution >= 0.6 is 0 Å². The van der Waals surface area contributed by atoms with Gasteiger partial charge in [-0.25, -0.2) is 9.99 Å². The number of para-hydroxylation sites is 2. The number of hydrazone groups is 1. The summed E-state index contributed by atoms with van der Waals surface area (Å²) in [7, 11) is 4.83. The number of nitrogens with zero attached hydrogens (tertiary/aromatic N) is 5. The van der Waals surface area contributed by atoms with Crippen LogP contribution in [0.1, 0.15) is 23.6 Å². The Bertz CT molecular complexity index is 1730. The molecule has 0 bridgehead atoms. The first kappa shape index (κ1) is 26.1. The van der Waals surface area contributed by atoms with Crippen molar-refractivity contribution < 1.29 is 19.0 Å². The molecule has 0 spiro atoms. The molecule has 1 aliphatic rings. The van der Waals surface area contributed by atoms with Gasteiger partial charge in [-0.05, 0) is 71.8 Å². The van der Waals surface area contributed by atoms with Crippen molar-refractivity contribution in [3.8, 4) is 28.8 Å². The molecule has 6 rings (SSSR count). The maximum absolute atomic E-state index is 14.2. The van der Waals surface area contributed by atoms with Gasteiger partial charge >= 0.3 is 0 Å². The minimum Gasteiger partial charge on any atom is -0.497 e. The fraction of sp³-hybridized carbons (Fsp3) is 0.188. The van der Waals surface area contributed by atoms with Crippen LogP contribution in [-0.4, -0.2) is 52.5 Å². The van der Waals surface area contributed by atoms with Gasteiger partial charge in [-0.1, -0.05) is 24.3 Å². The number of methoxy groups -OCH3 is 3. The Balaban J connectivity index is 1.40. The lowest BCUT2D eigenvalue weighted by molar-refractivity contribution is -0.133. The van der Waals surface area contributed by atoms with Crippen molar-refractivity contribution in [2.45, 2.75) is 19.0 Å². The molecule has 0 N–H and O–H groups in total. The molecule has 0 saturated heterocycles. The number of benzene rings is 3. The van der Waals surface area contributed by atoms with E-state index in [0.29, 0.717) is 29.4 Å². The maximum atomic E-state index is 14.2. The first-order valence-corrected chi connectivity index (χ1v) is 13.2. The summed E-state index contributed by atoms with van der Waals surface area (Å²) in [5.74, 6) is 2.42. The molecule has 3 aromatic carbocycles. The molecule has 41 heavy (non-hydrogen) atoms. The Hall–Kier alpha value is -5.18. The van der Waals surface area contributed by atoms with E-state index in [2.05, 4.69) is 4.98 Å². The largest absolute Gasteiger partial charge is 0.497 e. The van der Waals surface area contributed by atoms with Crippen LogP contribution in [0.3, 0.4) is 0 Å².